The Kier molecular flexibility index (Phi) is 11.6. The van der Waals surface area contributed by atoms with E-state index in [9.17, 15) is 4.21 Å². The fourth-order valence-electron chi connectivity index (χ4n) is 2.34. The molecule has 0 aliphatic heterocycles. The predicted molar refractivity (Wildman–Crippen MR) is 105 cm³/mol. The number of nitrogens with zero attached hydrogens (tertiary/aromatic N) is 1. The molecule has 10 heteroatoms. The minimum Gasteiger partial charge on any atom is -0.493 e. The molecule has 0 aliphatic rings. The standard InChI is InChI=1S/C16H31N5O4S/c1-6-13(24-4)14(25-5)10-12(2)11-16(3,15(17)20-21-18)19-8-7-9-26(22)23/h6,10,19,21H,1,7-9,11,18H2,2-5H3,(H2,17,20)(H,22,23)/b12-10+,14-13-. The summed E-state index contributed by atoms with van der Waals surface area (Å²) in [6, 6.07) is 0. The molecule has 150 valence electrons. The highest BCUT2D eigenvalue weighted by molar-refractivity contribution is 7.79. The molecular weight excluding hydrogens is 358 g/mol. The highest BCUT2D eigenvalue weighted by atomic mass is 32.2. The van der Waals surface area contributed by atoms with Crippen LogP contribution in [0.25, 0.3) is 0 Å². The van der Waals surface area contributed by atoms with Gasteiger partial charge in [-0.1, -0.05) is 12.2 Å². The lowest BCUT2D eigenvalue weighted by Crippen LogP contribution is -2.54. The maximum Gasteiger partial charge on any atom is 0.160 e. The first kappa shape index (κ1) is 24.1. The van der Waals surface area contributed by atoms with Gasteiger partial charge < -0.3 is 25.1 Å². The molecule has 0 spiro atoms. The third-order valence-electron chi connectivity index (χ3n) is 3.64. The van der Waals surface area contributed by atoms with Gasteiger partial charge in [-0.3, -0.25) is 0 Å². The summed E-state index contributed by atoms with van der Waals surface area (Å²) in [6.45, 7) is 7.96. The molecule has 2 atom stereocenters. The van der Waals surface area contributed by atoms with Crippen LogP contribution in [-0.4, -0.2) is 46.7 Å². The summed E-state index contributed by atoms with van der Waals surface area (Å²) in [7, 11) is 3.08. The van der Waals surface area contributed by atoms with Crippen LogP contribution in [0.4, 0.5) is 0 Å². The lowest BCUT2D eigenvalue weighted by molar-refractivity contribution is 0.241. The summed E-state index contributed by atoms with van der Waals surface area (Å²) in [5, 5.41) is 7.14. The summed E-state index contributed by atoms with van der Waals surface area (Å²) < 4.78 is 30.2. The molecule has 0 rings (SSSR count). The monoisotopic (exact) mass is 389 g/mol. The van der Waals surface area contributed by atoms with E-state index < -0.39 is 16.6 Å². The molecule has 0 amide bonds. The Bertz CT molecular complexity index is 577. The third kappa shape index (κ3) is 8.48. The van der Waals surface area contributed by atoms with Crippen molar-refractivity contribution in [2.45, 2.75) is 32.2 Å². The topological polar surface area (TPSA) is 144 Å². The average Bonchev–Trinajstić information content (AvgIpc) is 2.58. The van der Waals surface area contributed by atoms with Crippen LogP contribution in [-0.2, 0) is 20.6 Å². The number of ether oxygens (including phenoxy) is 2. The molecule has 0 fully saturated rings. The van der Waals surface area contributed by atoms with E-state index in [0.29, 0.717) is 30.9 Å². The number of hydrazone groups is 1. The second-order valence-electron chi connectivity index (χ2n) is 5.77. The second-order valence-corrected chi connectivity index (χ2v) is 6.82. The Morgan fingerprint density at radius 2 is 2.00 bits per heavy atom. The fraction of sp³-hybridized carbons (Fsp3) is 0.562. The molecule has 2 unspecified atom stereocenters. The van der Waals surface area contributed by atoms with Crippen molar-refractivity contribution in [2.75, 3.05) is 26.5 Å². The van der Waals surface area contributed by atoms with Crippen LogP contribution in [0.15, 0.2) is 40.9 Å². The number of rotatable bonds is 13. The molecular formula is C16H31N5O4S. The van der Waals surface area contributed by atoms with Gasteiger partial charge in [0.2, 0.25) is 0 Å². The Balaban J connectivity index is 5.42. The molecule has 0 aromatic rings. The number of methoxy groups -OCH3 is 2. The number of hydrazine groups is 1. The maximum absolute atomic E-state index is 10.8. The summed E-state index contributed by atoms with van der Waals surface area (Å²) in [5.41, 5.74) is 8.46. The zero-order valence-corrected chi connectivity index (χ0v) is 16.7. The molecule has 7 N–H and O–H groups in total. The molecule has 0 saturated heterocycles. The van der Waals surface area contributed by atoms with Crippen molar-refractivity contribution in [3.8, 4) is 0 Å². The van der Waals surface area contributed by atoms with Crippen molar-refractivity contribution in [3.05, 3.63) is 35.8 Å². The van der Waals surface area contributed by atoms with Gasteiger partial charge in [0.25, 0.3) is 0 Å². The number of hydrogen-bond acceptors (Lipinski definition) is 7. The van der Waals surface area contributed by atoms with Crippen LogP contribution in [0.3, 0.4) is 0 Å². The van der Waals surface area contributed by atoms with Gasteiger partial charge in [-0.25, -0.2) is 15.6 Å². The summed E-state index contributed by atoms with van der Waals surface area (Å²) in [5.74, 6) is 6.72. The van der Waals surface area contributed by atoms with E-state index in [1.165, 1.54) is 7.11 Å². The van der Waals surface area contributed by atoms with Crippen LogP contribution < -0.4 is 22.4 Å². The molecule has 0 bridgehead atoms. The van der Waals surface area contributed by atoms with E-state index in [0.717, 1.165) is 5.57 Å². The molecule has 0 saturated carbocycles. The molecule has 0 heterocycles. The largest absolute Gasteiger partial charge is 0.493 e. The highest BCUT2D eigenvalue weighted by Crippen LogP contribution is 2.20. The Morgan fingerprint density at radius 1 is 1.38 bits per heavy atom. The molecule has 0 aromatic heterocycles. The Hall–Kier alpha value is -1.88. The van der Waals surface area contributed by atoms with Crippen molar-refractivity contribution >= 4 is 16.9 Å². The summed E-state index contributed by atoms with van der Waals surface area (Å²) in [6.07, 6.45) is 4.39. The van der Waals surface area contributed by atoms with E-state index in [1.54, 1.807) is 13.2 Å². The predicted octanol–water partition coefficient (Wildman–Crippen LogP) is 0.709. The zero-order chi connectivity index (χ0) is 20.2. The van der Waals surface area contributed by atoms with Crippen molar-refractivity contribution in [2.24, 2.45) is 16.7 Å². The molecule has 0 aromatic carbocycles. The minimum absolute atomic E-state index is 0.178. The van der Waals surface area contributed by atoms with Crippen LogP contribution in [0.5, 0.6) is 0 Å². The molecule has 26 heavy (non-hydrogen) atoms. The van der Waals surface area contributed by atoms with Gasteiger partial charge >= 0.3 is 0 Å². The van der Waals surface area contributed by atoms with E-state index in [1.807, 2.05) is 19.9 Å². The lowest BCUT2D eigenvalue weighted by Gasteiger charge is -2.31. The fourth-order valence-corrected chi connectivity index (χ4v) is 2.74. The first-order valence-electron chi connectivity index (χ1n) is 7.97. The van der Waals surface area contributed by atoms with Crippen molar-refractivity contribution in [1.82, 2.24) is 10.9 Å². The van der Waals surface area contributed by atoms with Crippen LogP contribution in [0, 0.1) is 0 Å². The third-order valence-corrected chi connectivity index (χ3v) is 4.28. The van der Waals surface area contributed by atoms with Gasteiger partial charge in [0, 0.05) is 0 Å². The molecule has 9 nitrogen and oxygen atoms in total. The van der Waals surface area contributed by atoms with Gasteiger partial charge in [-0.2, -0.15) is 5.10 Å². The quantitative estimate of drug-likeness (QED) is 0.0453. The van der Waals surface area contributed by atoms with Crippen LogP contribution in [0.1, 0.15) is 26.7 Å². The highest BCUT2D eigenvalue weighted by Gasteiger charge is 2.29. The second kappa shape index (κ2) is 12.5. The summed E-state index contributed by atoms with van der Waals surface area (Å²) in [4.78, 5) is 0. The smallest absolute Gasteiger partial charge is 0.160 e. The maximum atomic E-state index is 10.8. The first-order valence-corrected chi connectivity index (χ1v) is 9.25. The van der Waals surface area contributed by atoms with Crippen LogP contribution >= 0.6 is 0 Å². The van der Waals surface area contributed by atoms with Gasteiger partial charge in [-0.05, 0) is 45.4 Å². The van der Waals surface area contributed by atoms with Crippen molar-refractivity contribution in [3.63, 3.8) is 0 Å². The van der Waals surface area contributed by atoms with Crippen molar-refractivity contribution in [1.29, 1.82) is 0 Å². The first-order chi connectivity index (χ1) is 12.2. The molecule has 0 aliphatic carbocycles. The van der Waals surface area contributed by atoms with E-state index in [2.05, 4.69) is 22.5 Å². The van der Waals surface area contributed by atoms with Gasteiger partial charge in [0.05, 0.1) is 25.5 Å². The van der Waals surface area contributed by atoms with E-state index in [-0.39, 0.29) is 11.6 Å². The van der Waals surface area contributed by atoms with Crippen molar-refractivity contribution < 1.29 is 18.2 Å². The molecule has 0 radical (unpaired) electrons. The minimum atomic E-state index is -1.83. The summed E-state index contributed by atoms with van der Waals surface area (Å²) >= 11 is -1.83. The number of nitrogens with two attached hydrogens (primary N) is 2. The number of allylic oxidation sites excluding steroid dienone is 2. The number of hydrogen-bond donors (Lipinski definition) is 5. The normalized spacial score (nSPS) is 17.0. The van der Waals surface area contributed by atoms with Crippen LogP contribution in [0.2, 0.25) is 0 Å². The Labute approximate surface area is 157 Å². The average molecular weight is 390 g/mol. The Morgan fingerprint density at radius 3 is 2.46 bits per heavy atom. The van der Waals surface area contributed by atoms with E-state index >= 15 is 0 Å². The van der Waals surface area contributed by atoms with E-state index in [4.69, 9.17) is 25.6 Å². The number of nitrogens with one attached hydrogen (secondary N) is 2. The van der Waals surface area contributed by atoms with Gasteiger partial charge in [-0.15, -0.1) is 0 Å². The van der Waals surface area contributed by atoms with Gasteiger partial charge in [0.15, 0.2) is 22.6 Å². The zero-order valence-electron chi connectivity index (χ0n) is 15.9. The lowest BCUT2D eigenvalue weighted by atomic mass is 9.91. The SMILES string of the molecule is C=C/C(OC)=C(\C=C(/C)CC(C)(NCCCS(=O)O)/C(N)=N/NN)OC. The van der Waals surface area contributed by atoms with Gasteiger partial charge in [0.1, 0.15) is 5.84 Å². The number of amidine groups is 1.